The maximum Gasteiger partial charge on any atom is 0.328 e. The van der Waals surface area contributed by atoms with E-state index in [-0.39, 0.29) is 11.1 Å². The van der Waals surface area contributed by atoms with Crippen molar-refractivity contribution >= 4 is 27.5 Å². The molecule has 0 fully saturated rings. The van der Waals surface area contributed by atoms with Crippen molar-refractivity contribution in [2.24, 2.45) is 0 Å². The summed E-state index contributed by atoms with van der Waals surface area (Å²) in [5.41, 5.74) is -1.75. The Hall–Kier alpha value is -1.23. The van der Waals surface area contributed by atoms with Crippen LogP contribution in [0.4, 0.5) is 8.78 Å². The molecule has 0 radical (unpaired) electrons. The van der Waals surface area contributed by atoms with Crippen LogP contribution in [0.25, 0.3) is 5.57 Å². The molecular weight excluding hydrogens is 294 g/mol. The second-order valence-electron chi connectivity index (χ2n) is 4.03. The molecule has 0 aromatic heterocycles. The molecule has 17 heavy (non-hydrogen) atoms. The van der Waals surface area contributed by atoms with Gasteiger partial charge in [-0.3, -0.25) is 0 Å². The molecule has 0 saturated heterocycles. The van der Waals surface area contributed by atoms with E-state index < -0.39 is 17.5 Å². The Morgan fingerprint density at radius 1 is 1.41 bits per heavy atom. The van der Waals surface area contributed by atoms with Gasteiger partial charge in [-0.1, -0.05) is 15.9 Å². The Labute approximate surface area is 106 Å². The number of benzene rings is 1. The zero-order chi connectivity index (χ0) is 13.2. The number of carboxylic acids is 1. The van der Waals surface area contributed by atoms with Crippen molar-refractivity contribution in [3.8, 4) is 0 Å². The summed E-state index contributed by atoms with van der Waals surface area (Å²) >= 11 is 3.08. The number of hydrogen-bond donors (Lipinski definition) is 1. The average Bonchev–Trinajstić information content (AvgIpc) is 2.10. The van der Waals surface area contributed by atoms with Crippen molar-refractivity contribution < 1.29 is 18.7 Å². The maximum atomic E-state index is 13.9. The van der Waals surface area contributed by atoms with Crippen molar-refractivity contribution in [1.29, 1.82) is 0 Å². The molecule has 92 valence electrons. The van der Waals surface area contributed by atoms with Crippen LogP contribution in [0.1, 0.15) is 19.4 Å². The first kappa shape index (κ1) is 13.8. The summed E-state index contributed by atoms with van der Waals surface area (Å²) in [4.78, 5) is 10.7. The van der Waals surface area contributed by atoms with E-state index in [4.69, 9.17) is 5.11 Å². The third-order valence-corrected chi connectivity index (χ3v) is 2.54. The van der Waals surface area contributed by atoms with Crippen molar-refractivity contribution in [2.45, 2.75) is 19.5 Å². The number of carboxylic acid groups (broad SMARTS) is 1. The van der Waals surface area contributed by atoms with Crippen LogP contribution >= 0.6 is 15.9 Å². The molecule has 0 atom stereocenters. The van der Waals surface area contributed by atoms with Crippen LogP contribution in [0.3, 0.4) is 0 Å². The molecule has 0 aliphatic rings. The van der Waals surface area contributed by atoms with Crippen LogP contribution in [-0.2, 0) is 4.79 Å². The van der Waals surface area contributed by atoms with Crippen LogP contribution in [0.15, 0.2) is 28.7 Å². The smallest absolute Gasteiger partial charge is 0.328 e. The summed E-state index contributed by atoms with van der Waals surface area (Å²) in [6, 6.07) is 3.78. The molecule has 5 heteroatoms. The molecule has 0 bridgehead atoms. The summed E-state index contributed by atoms with van der Waals surface area (Å²) in [5, 5.41) is 8.70. The molecule has 0 heterocycles. The van der Waals surface area contributed by atoms with Gasteiger partial charge in [-0.15, -0.1) is 0 Å². The minimum atomic E-state index is -1.87. The van der Waals surface area contributed by atoms with E-state index in [9.17, 15) is 13.6 Å². The Kier molecular flexibility index (Phi) is 4.03. The third kappa shape index (κ3) is 3.93. The van der Waals surface area contributed by atoms with Gasteiger partial charge in [0, 0.05) is 16.1 Å². The lowest BCUT2D eigenvalue weighted by molar-refractivity contribution is -0.131. The van der Waals surface area contributed by atoms with Gasteiger partial charge in [0.05, 0.1) is 0 Å². The van der Waals surface area contributed by atoms with Crippen molar-refractivity contribution in [3.63, 3.8) is 0 Å². The minimum Gasteiger partial charge on any atom is -0.478 e. The number of alkyl halides is 1. The van der Waals surface area contributed by atoms with Gasteiger partial charge in [0.15, 0.2) is 0 Å². The fourth-order valence-corrected chi connectivity index (χ4v) is 1.90. The third-order valence-electron chi connectivity index (χ3n) is 2.08. The summed E-state index contributed by atoms with van der Waals surface area (Å²) in [6.07, 6.45) is 0.751. The highest BCUT2D eigenvalue weighted by Crippen LogP contribution is 2.32. The van der Waals surface area contributed by atoms with Gasteiger partial charge in [-0.25, -0.2) is 13.6 Å². The molecule has 1 aromatic carbocycles. The monoisotopic (exact) mass is 304 g/mol. The van der Waals surface area contributed by atoms with E-state index in [2.05, 4.69) is 15.9 Å². The number of allylic oxidation sites excluding steroid dienone is 1. The SMILES string of the molecule is CC(C)(F)/C(=C/C(=O)O)c1cc(F)cc(Br)c1. The lowest BCUT2D eigenvalue weighted by atomic mass is 9.92. The highest BCUT2D eigenvalue weighted by atomic mass is 79.9. The average molecular weight is 305 g/mol. The van der Waals surface area contributed by atoms with Gasteiger partial charge in [0.25, 0.3) is 0 Å². The van der Waals surface area contributed by atoms with Gasteiger partial charge in [-0.2, -0.15) is 0 Å². The van der Waals surface area contributed by atoms with Gasteiger partial charge in [0.1, 0.15) is 11.5 Å². The van der Waals surface area contributed by atoms with E-state index >= 15 is 0 Å². The van der Waals surface area contributed by atoms with Crippen LogP contribution < -0.4 is 0 Å². The Morgan fingerprint density at radius 3 is 2.41 bits per heavy atom. The Bertz CT molecular complexity index is 456. The predicted molar refractivity (Wildman–Crippen MR) is 64.9 cm³/mol. The first-order valence-corrected chi connectivity index (χ1v) is 5.60. The summed E-state index contributed by atoms with van der Waals surface area (Å²) in [5.74, 6) is -1.83. The maximum absolute atomic E-state index is 13.9. The van der Waals surface area contributed by atoms with Gasteiger partial charge < -0.3 is 5.11 Å². The number of halogens is 3. The summed E-state index contributed by atoms with van der Waals surface area (Å²) < 4.78 is 27.5. The quantitative estimate of drug-likeness (QED) is 0.862. The fraction of sp³-hybridized carbons (Fsp3) is 0.250. The Balaban J connectivity index is 3.38. The lowest BCUT2D eigenvalue weighted by Gasteiger charge is -2.19. The number of aliphatic carboxylic acids is 1. The van der Waals surface area contributed by atoms with Crippen LogP contribution in [0.5, 0.6) is 0 Å². The molecule has 0 unspecified atom stereocenters. The fourth-order valence-electron chi connectivity index (χ4n) is 1.43. The van der Waals surface area contributed by atoms with Crippen LogP contribution in [-0.4, -0.2) is 16.7 Å². The first-order chi connectivity index (χ1) is 7.70. The molecule has 0 aliphatic carbocycles. The minimum absolute atomic E-state index is 0.0785. The zero-order valence-electron chi connectivity index (χ0n) is 9.30. The molecule has 1 aromatic rings. The standard InChI is InChI=1S/C12H11BrF2O2/c1-12(2,15)10(6-11(16)17)7-3-8(13)5-9(14)4-7/h3-6H,1-2H3,(H,16,17)/b10-6+. The molecule has 2 nitrogen and oxygen atoms in total. The van der Waals surface area contributed by atoms with E-state index in [0.717, 1.165) is 12.1 Å². The highest BCUT2D eigenvalue weighted by Gasteiger charge is 2.25. The largest absolute Gasteiger partial charge is 0.478 e. The lowest BCUT2D eigenvalue weighted by Crippen LogP contribution is -2.16. The second-order valence-corrected chi connectivity index (χ2v) is 4.94. The molecular formula is C12H11BrF2O2. The van der Waals surface area contributed by atoms with E-state index in [0.29, 0.717) is 4.47 Å². The van der Waals surface area contributed by atoms with Crippen LogP contribution in [0, 0.1) is 5.82 Å². The van der Waals surface area contributed by atoms with Crippen molar-refractivity contribution in [3.05, 3.63) is 40.1 Å². The Morgan fingerprint density at radius 2 is 2.00 bits per heavy atom. The van der Waals surface area contributed by atoms with E-state index in [1.807, 2.05) is 0 Å². The van der Waals surface area contributed by atoms with E-state index in [1.165, 1.54) is 26.0 Å². The topological polar surface area (TPSA) is 37.3 Å². The zero-order valence-corrected chi connectivity index (χ0v) is 10.9. The van der Waals surface area contributed by atoms with Gasteiger partial charge in [-0.05, 0) is 37.6 Å². The number of rotatable bonds is 3. The van der Waals surface area contributed by atoms with Crippen molar-refractivity contribution in [2.75, 3.05) is 0 Å². The molecule has 0 amide bonds. The van der Waals surface area contributed by atoms with Crippen LogP contribution in [0.2, 0.25) is 0 Å². The molecule has 0 spiro atoms. The normalized spacial score (nSPS) is 12.6. The second kappa shape index (κ2) is 4.96. The van der Waals surface area contributed by atoms with E-state index in [1.54, 1.807) is 0 Å². The molecule has 1 rings (SSSR count). The first-order valence-electron chi connectivity index (χ1n) is 4.80. The van der Waals surface area contributed by atoms with Gasteiger partial charge >= 0.3 is 5.97 Å². The number of carbonyl (C=O) groups is 1. The molecule has 0 saturated carbocycles. The molecule has 0 aliphatic heterocycles. The summed E-state index contributed by atoms with van der Waals surface area (Å²) in [7, 11) is 0. The summed E-state index contributed by atoms with van der Waals surface area (Å²) in [6.45, 7) is 2.45. The van der Waals surface area contributed by atoms with Gasteiger partial charge in [0.2, 0.25) is 0 Å². The predicted octanol–water partition coefficient (Wildman–Crippen LogP) is 3.80. The molecule has 1 N–H and O–H groups in total. The number of hydrogen-bond acceptors (Lipinski definition) is 1. The van der Waals surface area contributed by atoms with Crippen molar-refractivity contribution in [1.82, 2.24) is 0 Å². The highest BCUT2D eigenvalue weighted by molar-refractivity contribution is 9.10.